The quantitative estimate of drug-likeness (QED) is 0.756. The second-order valence-electron chi connectivity index (χ2n) is 2.80. The summed E-state index contributed by atoms with van der Waals surface area (Å²) < 4.78 is 13.1. The average Bonchev–Trinajstić information content (AvgIpc) is 2.10. The van der Waals surface area contributed by atoms with Crippen molar-refractivity contribution >= 4 is 23.2 Å². The molecule has 0 unspecified atom stereocenters. The van der Waals surface area contributed by atoms with Crippen LogP contribution in [0, 0.1) is 5.82 Å². The topological polar surface area (TPSA) is 12.0 Å². The first kappa shape index (κ1) is 10.8. The van der Waals surface area contributed by atoms with Gasteiger partial charge in [-0.25, -0.2) is 4.39 Å². The second-order valence-corrected chi connectivity index (χ2v) is 3.62. The van der Waals surface area contributed by atoms with Gasteiger partial charge >= 0.3 is 0 Å². The second kappa shape index (κ2) is 4.27. The fourth-order valence-electron chi connectivity index (χ4n) is 1.05. The lowest BCUT2D eigenvalue weighted by molar-refractivity contribution is 0.609. The zero-order chi connectivity index (χ0) is 10.0. The van der Waals surface area contributed by atoms with E-state index in [2.05, 4.69) is 5.32 Å². The molecule has 13 heavy (non-hydrogen) atoms. The summed E-state index contributed by atoms with van der Waals surface area (Å²) >= 11 is 11.5. The van der Waals surface area contributed by atoms with Crippen molar-refractivity contribution < 1.29 is 4.39 Å². The van der Waals surface area contributed by atoms with Crippen molar-refractivity contribution in [2.24, 2.45) is 0 Å². The molecule has 0 aliphatic carbocycles. The summed E-state index contributed by atoms with van der Waals surface area (Å²) in [5, 5.41) is 3.46. The van der Waals surface area contributed by atoms with E-state index in [1.54, 1.807) is 13.1 Å². The van der Waals surface area contributed by atoms with Crippen molar-refractivity contribution in [3.63, 3.8) is 0 Å². The van der Waals surface area contributed by atoms with Gasteiger partial charge in [0.05, 0.1) is 5.02 Å². The summed E-state index contributed by atoms with van der Waals surface area (Å²) in [6.07, 6.45) is 0. The van der Waals surface area contributed by atoms with E-state index in [9.17, 15) is 4.39 Å². The smallest absolute Gasteiger partial charge is 0.143 e. The molecular formula is C9H10Cl2FN. The minimum Gasteiger partial charge on any atom is -0.313 e. The van der Waals surface area contributed by atoms with Crippen LogP contribution in [0.15, 0.2) is 12.1 Å². The first-order chi connectivity index (χ1) is 6.06. The maximum absolute atomic E-state index is 13.1. The van der Waals surface area contributed by atoms with Gasteiger partial charge in [0.15, 0.2) is 0 Å². The van der Waals surface area contributed by atoms with Gasteiger partial charge in [0.25, 0.3) is 0 Å². The highest BCUT2D eigenvalue weighted by Crippen LogP contribution is 2.28. The molecule has 1 aromatic carbocycles. The standard InChI is InChI=1S/C9H10Cl2FN/c1-5(13-2)7-3-6(10)4-8(12)9(7)11/h3-5,13H,1-2H3/t5-/m1/s1. The molecule has 0 amide bonds. The van der Waals surface area contributed by atoms with E-state index in [1.807, 2.05) is 6.92 Å². The highest BCUT2D eigenvalue weighted by molar-refractivity contribution is 6.33. The lowest BCUT2D eigenvalue weighted by Crippen LogP contribution is -2.13. The van der Waals surface area contributed by atoms with Crippen LogP contribution >= 0.6 is 23.2 Å². The van der Waals surface area contributed by atoms with Crippen LogP contribution in [-0.2, 0) is 0 Å². The Kier molecular flexibility index (Phi) is 3.54. The monoisotopic (exact) mass is 221 g/mol. The summed E-state index contributed by atoms with van der Waals surface area (Å²) in [5.74, 6) is -0.480. The Morgan fingerprint density at radius 1 is 1.38 bits per heavy atom. The molecule has 72 valence electrons. The van der Waals surface area contributed by atoms with Gasteiger partial charge < -0.3 is 5.32 Å². The van der Waals surface area contributed by atoms with Crippen molar-refractivity contribution in [3.05, 3.63) is 33.6 Å². The van der Waals surface area contributed by atoms with Gasteiger partial charge in [0.2, 0.25) is 0 Å². The lowest BCUT2D eigenvalue weighted by atomic mass is 10.1. The summed E-state index contributed by atoms with van der Waals surface area (Å²) in [5.41, 5.74) is 0.675. The predicted molar refractivity (Wildman–Crippen MR) is 53.9 cm³/mol. The molecule has 4 heteroatoms. The van der Waals surface area contributed by atoms with Crippen LogP contribution in [0.2, 0.25) is 10.0 Å². The van der Waals surface area contributed by atoms with Crippen molar-refractivity contribution in [1.82, 2.24) is 5.32 Å². The maximum Gasteiger partial charge on any atom is 0.143 e. The summed E-state index contributed by atoms with van der Waals surface area (Å²) in [6.45, 7) is 1.89. The largest absolute Gasteiger partial charge is 0.313 e. The van der Waals surface area contributed by atoms with Crippen LogP contribution in [-0.4, -0.2) is 7.05 Å². The number of halogens is 3. The van der Waals surface area contributed by atoms with Gasteiger partial charge in [-0.1, -0.05) is 23.2 Å². The molecule has 1 nitrogen and oxygen atoms in total. The van der Waals surface area contributed by atoms with Gasteiger partial charge in [-0.2, -0.15) is 0 Å². The molecule has 1 atom stereocenters. The molecule has 0 aromatic heterocycles. The first-order valence-corrected chi connectivity index (χ1v) is 4.63. The van der Waals surface area contributed by atoms with E-state index >= 15 is 0 Å². The third-order valence-electron chi connectivity index (χ3n) is 1.92. The third kappa shape index (κ3) is 2.33. The molecule has 0 saturated carbocycles. The summed E-state index contributed by atoms with van der Waals surface area (Å²) in [6, 6.07) is 2.85. The third-order valence-corrected chi connectivity index (χ3v) is 2.54. The average molecular weight is 222 g/mol. The highest BCUT2D eigenvalue weighted by Gasteiger charge is 2.12. The first-order valence-electron chi connectivity index (χ1n) is 3.88. The van der Waals surface area contributed by atoms with Crippen LogP contribution in [0.1, 0.15) is 18.5 Å². The SMILES string of the molecule is CN[C@H](C)c1cc(Cl)cc(F)c1Cl. The van der Waals surface area contributed by atoms with Gasteiger partial charge in [-0.05, 0) is 31.7 Å². The molecule has 0 fully saturated rings. The van der Waals surface area contributed by atoms with Crippen molar-refractivity contribution in [1.29, 1.82) is 0 Å². The van der Waals surface area contributed by atoms with E-state index in [0.29, 0.717) is 10.6 Å². The molecule has 0 spiro atoms. The number of benzene rings is 1. The molecule has 0 saturated heterocycles. The van der Waals surface area contributed by atoms with Crippen LogP contribution in [0.4, 0.5) is 4.39 Å². The van der Waals surface area contributed by atoms with Gasteiger partial charge in [-0.15, -0.1) is 0 Å². The minimum absolute atomic E-state index is 0.0132. The molecule has 0 aliphatic heterocycles. The molecular weight excluding hydrogens is 212 g/mol. The molecule has 1 N–H and O–H groups in total. The Balaban J connectivity index is 3.20. The fourth-order valence-corrected chi connectivity index (χ4v) is 1.53. The zero-order valence-electron chi connectivity index (χ0n) is 7.37. The lowest BCUT2D eigenvalue weighted by Gasteiger charge is -2.13. The van der Waals surface area contributed by atoms with E-state index in [1.165, 1.54) is 6.07 Å². The zero-order valence-corrected chi connectivity index (χ0v) is 8.88. The summed E-state index contributed by atoms with van der Waals surface area (Å²) in [7, 11) is 1.78. The van der Waals surface area contributed by atoms with E-state index in [-0.39, 0.29) is 11.1 Å². The van der Waals surface area contributed by atoms with Gasteiger partial charge in [0, 0.05) is 11.1 Å². The van der Waals surface area contributed by atoms with E-state index in [4.69, 9.17) is 23.2 Å². The minimum atomic E-state index is -0.480. The molecule has 1 rings (SSSR count). The van der Waals surface area contributed by atoms with Crippen molar-refractivity contribution in [2.75, 3.05) is 7.05 Å². The van der Waals surface area contributed by atoms with Crippen molar-refractivity contribution in [3.8, 4) is 0 Å². The molecule has 0 heterocycles. The van der Waals surface area contributed by atoms with E-state index in [0.717, 1.165) is 0 Å². The molecule has 0 bridgehead atoms. The van der Waals surface area contributed by atoms with Crippen LogP contribution in [0.3, 0.4) is 0 Å². The van der Waals surface area contributed by atoms with Gasteiger partial charge in [0.1, 0.15) is 5.82 Å². The van der Waals surface area contributed by atoms with Crippen LogP contribution < -0.4 is 5.32 Å². The number of nitrogens with one attached hydrogen (secondary N) is 1. The number of hydrogen-bond acceptors (Lipinski definition) is 1. The molecule has 0 aliphatic rings. The number of hydrogen-bond donors (Lipinski definition) is 1. The predicted octanol–water partition coefficient (Wildman–Crippen LogP) is 3.41. The molecule has 1 aromatic rings. The molecule has 0 radical (unpaired) electrons. The van der Waals surface area contributed by atoms with Crippen LogP contribution in [0.25, 0.3) is 0 Å². The van der Waals surface area contributed by atoms with E-state index < -0.39 is 5.82 Å². The maximum atomic E-state index is 13.1. The fraction of sp³-hybridized carbons (Fsp3) is 0.333. The number of rotatable bonds is 2. The van der Waals surface area contributed by atoms with Gasteiger partial charge in [-0.3, -0.25) is 0 Å². The Bertz CT molecular complexity index is 315. The normalized spacial score (nSPS) is 13.0. The Morgan fingerprint density at radius 3 is 2.54 bits per heavy atom. The Morgan fingerprint density at radius 2 is 2.00 bits per heavy atom. The summed E-state index contributed by atoms with van der Waals surface area (Å²) in [4.78, 5) is 0. The Hall–Kier alpha value is -0.310. The highest BCUT2D eigenvalue weighted by atomic mass is 35.5. The van der Waals surface area contributed by atoms with Crippen molar-refractivity contribution in [2.45, 2.75) is 13.0 Å². The Labute approximate surface area is 86.8 Å². The van der Waals surface area contributed by atoms with Crippen LogP contribution in [0.5, 0.6) is 0 Å².